The van der Waals surface area contributed by atoms with E-state index in [1.807, 2.05) is 77.4 Å². The lowest BCUT2D eigenvalue weighted by atomic mass is 9.84. The molecular formula is C35H41N4O7+. The Morgan fingerprint density at radius 1 is 1.15 bits per heavy atom. The van der Waals surface area contributed by atoms with E-state index < -0.39 is 23.8 Å². The fourth-order valence-corrected chi connectivity index (χ4v) is 7.04. The summed E-state index contributed by atoms with van der Waals surface area (Å²) in [5.74, 6) is -0.911. The van der Waals surface area contributed by atoms with E-state index in [0.717, 1.165) is 29.7 Å². The molecule has 6 rings (SSSR count). The van der Waals surface area contributed by atoms with Crippen molar-refractivity contribution >= 4 is 23.5 Å². The van der Waals surface area contributed by atoms with Gasteiger partial charge in [0.15, 0.2) is 23.9 Å². The minimum atomic E-state index is -0.949. The van der Waals surface area contributed by atoms with Crippen LogP contribution in [0.1, 0.15) is 53.6 Å². The molecule has 3 atom stereocenters. The molecule has 4 heterocycles. The summed E-state index contributed by atoms with van der Waals surface area (Å²) in [5.41, 5.74) is 3.19. The van der Waals surface area contributed by atoms with Gasteiger partial charge in [0.1, 0.15) is 12.7 Å². The summed E-state index contributed by atoms with van der Waals surface area (Å²) in [6.45, 7) is 3.95. The van der Waals surface area contributed by atoms with E-state index in [9.17, 15) is 19.5 Å². The van der Waals surface area contributed by atoms with Crippen LogP contribution in [0.3, 0.4) is 0 Å². The van der Waals surface area contributed by atoms with Crippen molar-refractivity contribution < 1.29 is 38.3 Å². The molecule has 11 heteroatoms. The molecule has 1 aromatic heterocycles. The lowest BCUT2D eigenvalue weighted by molar-refractivity contribution is -0.670. The number of carboxylic acid groups (broad SMARTS) is 1. The molecule has 1 N–H and O–H groups in total. The molecule has 2 amide bonds. The standard InChI is InChI=1S/C35H40N4O7/c1-4-5-14-39(25-10-8-13-36(2)19-25)31(40)21-38-20-27(24-16-29(44-3)33-30(17-24)45-22-46-33)32(35(42)43)28(38)12-15-37-18-23-9-6-7-11-26(23)34(37)41/h6-11,13,16-17,19,27-28,32H,4-5,12,14-15,18,20-22H2,1-3H3/p+1/t27-,28+,32-/m1/s1. The Kier molecular flexibility index (Phi) is 9.12. The van der Waals surface area contributed by atoms with Crippen LogP contribution in [0.4, 0.5) is 5.69 Å². The molecular weight excluding hydrogens is 588 g/mol. The van der Waals surface area contributed by atoms with Gasteiger partial charge in [0.05, 0.1) is 19.6 Å². The highest BCUT2D eigenvalue weighted by molar-refractivity contribution is 5.98. The topological polar surface area (TPSA) is 113 Å². The number of amides is 2. The second-order valence-corrected chi connectivity index (χ2v) is 12.2. The van der Waals surface area contributed by atoms with E-state index in [-0.39, 0.29) is 25.2 Å². The molecule has 0 bridgehead atoms. The Hall–Kier alpha value is -4.64. The van der Waals surface area contributed by atoms with Crippen molar-refractivity contribution in [3.63, 3.8) is 0 Å². The smallest absolute Gasteiger partial charge is 0.308 e. The largest absolute Gasteiger partial charge is 0.493 e. The van der Waals surface area contributed by atoms with Crippen LogP contribution in [0.2, 0.25) is 0 Å². The minimum Gasteiger partial charge on any atom is -0.493 e. The van der Waals surface area contributed by atoms with Gasteiger partial charge in [-0.2, -0.15) is 0 Å². The number of pyridine rings is 1. The van der Waals surface area contributed by atoms with Gasteiger partial charge in [-0.05, 0) is 48.2 Å². The third-order valence-corrected chi connectivity index (χ3v) is 9.34. The number of carbonyl (C=O) groups excluding carboxylic acids is 2. The van der Waals surface area contributed by atoms with Crippen LogP contribution in [0.15, 0.2) is 60.9 Å². The van der Waals surface area contributed by atoms with Crippen LogP contribution in [0.5, 0.6) is 17.2 Å². The number of rotatable bonds is 12. The average Bonchev–Trinajstić information content (AvgIpc) is 3.75. The number of fused-ring (bicyclic) bond motifs is 2. The van der Waals surface area contributed by atoms with Crippen molar-refractivity contribution in [1.29, 1.82) is 0 Å². The number of aliphatic carboxylic acids is 1. The lowest BCUT2D eigenvalue weighted by Crippen LogP contribution is -2.46. The van der Waals surface area contributed by atoms with Gasteiger partial charge in [-0.1, -0.05) is 31.5 Å². The number of benzene rings is 2. The van der Waals surface area contributed by atoms with Crippen LogP contribution in [0.25, 0.3) is 0 Å². The van der Waals surface area contributed by atoms with E-state index in [0.29, 0.717) is 55.4 Å². The first kappa shape index (κ1) is 31.3. The first-order chi connectivity index (χ1) is 22.3. The first-order valence-corrected chi connectivity index (χ1v) is 15.9. The van der Waals surface area contributed by atoms with Gasteiger partial charge in [-0.3, -0.25) is 19.3 Å². The third kappa shape index (κ3) is 6.11. The predicted molar refractivity (Wildman–Crippen MR) is 169 cm³/mol. The number of aromatic nitrogens is 1. The second-order valence-electron chi connectivity index (χ2n) is 12.2. The Morgan fingerprint density at radius 3 is 2.72 bits per heavy atom. The molecule has 3 aromatic rings. The van der Waals surface area contributed by atoms with Gasteiger partial charge in [0.25, 0.3) is 5.91 Å². The number of unbranched alkanes of at least 4 members (excludes halogenated alkanes) is 1. The number of hydrogen-bond donors (Lipinski definition) is 1. The quantitative estimate of drug-likeness (QED) is 0.303. The molecule has 2 aromatic carbocycles. The third-order valence-electron chi connectivity index (χ3n) is 9.34. The number of likely N-dealkylation sites (tertiary alicyclic amines) is 1. The number of ether oxygens (including phenoxy) is 3. The normalized spacial score (nSPS) is 20.2. The van der Waals surface area contributed by atoms with Crippen LogP contribution in [-0.2, 0) is 23.2 Å². The fraction of sp³-hybridized carbons (Fsp3) is 0.429. The summed E-state index contributed by atoms with van der Waals surface area (Å²) < 4.78 is 18.8. The molecule has 0 aliphatic carbocycles. The van der Waals surface area contributed by atoms with Gasteiger partial charge in [-0.15, -0.1) is 0 Å². The average molecular weight is 630 g/mol. The summed E-state index contributed by atoms with van der Waals surface area (Å²) in [6, 6.07) is 14.5. The van der Waals surface area contributed by atoms with E-state index in [1.165, 1.54) is 7.11 Å². The Bertz CT molecular complexity index is 1630. The summed E-state index contributed by atoms with van der Waals surface area (Å²) >= 11 is 0. The predicted octanol–water partition coefficient (Wildman–Crippen LogP) is 3.60. The highest BCUT2D eigenvalue weighted by Gasteiger charge is 2.48. The highest BCUT2D eigenvalue weighted by Crippen LogP contribution is 2.47. The molecule has 3 aliphatic heterocycles. The van der Waals surface area contributed by atoms with Crippen LogP contribution >= 0.6 is 0 Å². The Labute approximate surface area is 268 Å². The second kappa shape index (κ2) is 13.4. The molecule has 3 aliphatic rings. The molecule has 46 heavy (non-hydrogen) atoms. The monoisotopic (exact) mass is 629 g/mol. The first-order valence-electron chi connectivity index (χ1n) is 15.9. The van der Waals surface area contributed by atoms with Gasteiger partial charge in [0, 0.05) is 49.8 Å². The SMILES string of the molecule is CCCCN(C(=O)CN1C[C@H](c2cc(OC)c3c(c2)OCO3)[C@@H](C(=O)O)[C@@H]1CCN1Cc2ccccc2C1=O)c1ccc[n+](C)c1. The van der Waals surface area contributed by atoms with Crippen molar-refractivity contribution in [3.8, 4) is 17.2 Å². The van der Waals surface area contributed by atoms with Crippen molar-refractivity contribution in [2.45, 2.75) is 44.7 Å². The van der Waals surface area contributed by atoms with Gasteiger partial charge in [0.2, 0.25) is 18.4 Å². The zero-order valence-electron chi connectivity index (χ0n) is 26.6. The van der Waals surface area contributed by atoms with Crippen LogP contribution in [0, 0.1) is 5.92 Å². The van der Waals surface area contributed by atoms with Crippen molar-refractivity contribution in [3.05, 3.63) is 77.6 Å². The van der Waals surface area contributed by atoms with E-state index in [4.69, 9.17) is 14.2 Å². The number of hydrogen-bond acceptors (Lipinski definition) is 7. The number of aryl methyl sites for hydroxylation is 1. The maximum Gasteiger partial charge on any atom is 0.308 e. The maximum atomic E-state index is 14.1. The lowest BCUT2D eigenvalue weighted by Gasteiger charge is -2.30. The van der Waals surface area contributed by atoms with Gasteiger partial charge in [-0.25, -0.2) is 4.57 Å². The summed E-state index contributed by atoms with van der Waals surface area (Å²) in [7, 11) is 3.46. The fourth-order valence-electron chi connectivity index (χ4n) is 7.04. The number of carboxylic acids is 1. The highest BCUT2D eigenvalue weighted by atomic mass is 16.7. The molecule has 0 radical (unpaired) electrons. The van der Waals surface area contributed by atoms with E-state index >= 15 is 0 Å². The molecule has 0 spiro atoms. The molecule has 1 fully saturated rings. The van der Waals surface area contributed by atoms with Crippen molar-refractivity contribution in [2.24, 2.45) is 13.0 Å². The molecule has 0 saturated carbocycles. The summed E-state index contributed by atoms with van der Waals surface area (Å²) in [4.78, 5) is 46.0. The van der Waals surface area contributed by atoms with Gasteiger partial charge >= 0.3 is 5.97 Å². The molecule has 1 saturated heterocycles. The molecule has 242 valence electrons. The summed E-state index contributed by atoms with van der Waals surface area (Å²) in [6.07, 6.45) is 6.01. The Morgan fingerprint density at radius 2 is 1.98 bits per heavy atom. The number of nitrogens with zero attached hydrogens (tertiary/aromatic N) is 4. The van der Waals surface area contributed by atoms with Crippen LogP contribution in [-0.4, -0.2) is 78.8 Å². The van der Waals surface area contributed by atoms with Crippen LogP contribution < -0.4 is 23.7 Å². The molecule has 0 unspecified atom stereocenters. The Balaban J connectivity index is 1.31. The number of methoxy groups -OCH3 is 1. The summed E-state index contributed by atoms with van der Waals surface area (Å²) in [5, 5.41) is 10.7. The van der Waals surface area contributed by atoms with Crippen molar-refractivity contribution in [1.82, 2.24) is 9.80 Å². The van der Waals surface area contributed by atoms with E-state index in [2.05, 4.69) is 6.92 Å². The zero-order chi connectivity index (χ0) is 32.4. The zero-order valence-corrected chi connectivity index (χ0v) is 26.6. The van der Waals surface area contributed by atoms with E-state index in [1.54, 1.807) is 9.80 Å². The number of carbonyl (C=O) groups is 3. The number of anilines is 1. The van der Waals surface area contributed by atoms with Gasteiger partial charge < -0.3 is 29.1 Å². The minimum absolute atomic E-state index is 0.0448. The maximum absolute atomic E-state index is 14.1. The molecule has 11 nitrogen and oxygen atoms in total. The van der Waals surface area contributed by atoms with Crippen molar-refractivity contribution in [2.75, 3.05) is 45.0 Å².